The SMILES string of the molecule is CCC(=O)Nc1ccc(C(=O)COC(=O)c2cccc(CN3CCCC3=O)c2)cc1. The van der Waals surface area contributed by atoms with Crippen LogP contribution in [0.5, 0.6) is 0 Å². The number of amides is 2. The average molecular weight is 408 g/mol. The molecule has 0 atom stereocenters. The molecule has 0 unspecified atom stereocenters. The molecule has 0 saturated carbocycles. The van der Waals surface area contributed by atoms with E-state index in [0.717, 1.165) is 18.5 Å². The lowest BCUT2D eigenvalue weighted by atomic mass is 10.1. The van der Waals surface area contributed by atoms with E-state index in [4.69, 9.17) is 4.74 Å². The quantitative estimate of drug-likeness (QED) is 0.535. The number of Topliss-reactive ketones (excluding diaryl/α,β-unsaturated/α-hetero) is 1. The molecule has 30 heavy (non-hydrogen) atoms. The molecule has 1 fully saturated rings. The van der Waals surface area contributed by atoms with Gasteiger partial charge in [-0.15, -0.1) is 0 Å². The second kappa shape index (κ2) is 9.82. The number of benzene rings is 2. The fourth-order valence-corrected chi connectivity index (χ4v) is 3.17. The van der Waals surface area contributed by atoms with Crippen LogP contribution in [0.2, 0.25) is 0 Å². The third-order valence-corrected chi connectivity index (χ3v) is 4.85. The van der Waals surface area contributed by atoms with Crippen molar-refractivity contribution in [1.29, 1.82) is 0 Å². The van der Waals surface area contributed by atoms with E-state index in [9.17, 15) is 19.2 Å². The number of nitrogens with zero attached hydrogens (tertiary/aromatic N) is 1. The average Bonchev–Trinajstić information content (AvgIpc) is 3.16. The maximum atomic E-state index is 12.3. The molecule has 1 heterocycles. The smallest absolute Gasteiger partial charge is 0.338 e. The van der Waals surface area contributed by atoms with Crippen molar-refractivity contribution in [2.75, 3.05) is 18.5 Å². The number of ether oxygens (including phenoxy) is 1. The molecular weight excluding hydrogens is 384 g/mol. The number of hydrogen-bond acceptors (Lipinski definition) is 5. The second-order valence-electron chi connectivity index (χ2n) is 7.10. The zero-order chi connectivity index (χ0) is 21.5. The second-order valence-corrected chi connectivity index (χ2v) is 7.10. The van der Waals surface area contributed by atoms with Gasteiger partial charge in [-0.1, -0.05) is 19.1 Å². The predicted octanol–water partition coefficient (Wildman–Crippen LogP) is 3.20. The molecule has 0 radical (unpaired) electrons. The van der Waals surface area contributed by atoms with Crippen LogP contribution in [-0.2, 0) is 20.9 Å². The Balaban J connectivity index is 1.54. The van der Waals surface area contributed by atoms with Gasteiger partial charge in [-0.25, -0.2) is 4.79 Å². The standard InChI is InChI=1S/C23H24N2O5/c1-2-21(27)24-19-10-8-17(9-11-19)20(26)15-30-23(29)18-6-3-5-16(13-18)14-25-12-4-7-22(25)28/h3,5-6,8-11,13H,2,4,7,12,14-15H2,1H3,(H,24,27). The van der Waals surface area contributed by atoms with Gasteiger partial charge in [-0.3, -0.25) is 14.4 Å². The van der Waals surface area contributed by atoms with Crippen LogP contribution in [0.4, 0.5) is 5.69 Å². The number of carbonyl (C=O) groups excluding carboxylic acids is 4. The van der Waals surface area contributed by atoms with Crippen LogP contribution in [0.25, 0.3) is 0 Å². The number of carbonyl (C=O) groups is 4. The van der Waals surface area contributed by atoms with Crippen molar-refractivity contribution in [2.24, 2.45) is 0 Å². The van der Waals surface area contributed by atoms with Gasteiger partial charge in [0.2, 0.25) is 11.8 Å². The third-order valence-electron chi connectivity index (χ3n) is 4.85. The van der Waals surface area contributed by atoms with Gasteiger partial charge in [0.25, 0.3) is 0 Å². The third kappa shape index (κ3) is 5.53. The van der Waals surface area contributed by atoms with Crippen LogP contribution in [-0.4, -0.2) is 41.6 Å². The minimum absolute atomic E-state index is 0.112. The number of rotatable bonds is 8. The molecule has 7 heteroatoms. The first-order valence-electron chi connectivity index (χ1n) is 9.93. The fraction of sp³-hybridized carbons (Fsp3) is 0.304. The Morgan fingerprint density at radius 2 is 1.83 bits per heavy atom. The number of likely N-dealkylation sites (tertiary alicyclic amines) is 1. The van der Waals surface area contributed by atoms with Crippen molar-refractivity contribution >= 4 is 29.3 Å². The molecule has 2 aromatic rings. The van der Waals surface area contributed by atoms with Gasteiger partial charge in [0.1, 0.15) is 0 Å². The molecule has 1 aliphatic rings. The summed E-state index contributed by atoms with van der Waals surface area (Å²) < 4.78 is 5.16. The van der Waals surface area contributed by atoms with E-state index >= 15 is 0 Å². The van der Waals surface area contributed by atoms with E-state index in [1.54, 1.807) is 54.3 Å². The molecule has 0 spiro atoms. The summed E-state index contributed by atoms with van der Waals surface area (Å²) in [5.41, 5.74) is 2.17. The molecule has 1 aliphatic heterocycles. The Morgan fingerprint density at radius 3 is 2.50 bits per heavy atom. The first-order valence-corrected chi connectivity index (χ1v) is 9.93. The number of nitrogens with one attached hydrogen (secondary N) is 1. The van der Waals surface area contributed by atoms with Gasteiger partial charge in [0.05, 0.1) is 5.56 Å². The lowest BCUT2D eigenvalue weighted by molar-refractivity contribution is -0.128. The van der Waals surface area contributed by atoms with Crippen LogP contribution in [0.15, 0.2) is 48.5 Å². The topological polar surface area (TPSA) is 92.8 Å². The van der Waals surface area contributed by atoms with Crippen LogP contribution in [0.3, 0.4) is 0 Å². The molecular formula is C23H24N2O5. The molecule has 0 aromatic heterocycles. The van der Waals surface area contributed by atoms with Crippen LogP contribution < -0.4 is 5.32 Å². The minimum Gasteiger partial charge on any atom is -0.454 e. The van der Waals surface area contributed by atoms with Crippen molar-refractivity contribution in [3.63, 3.8) is 0 Å². The highest BCUT2D eigenvalue weighted by Gasteiger charge is 2.20. The highest BCUT2D eigenvalue weighted by Crippen LogP contribution is 2.16. The number of ketones is 1. The summed E-state index contributed by atoms with van der Waals surface area (Å²) in [5, 5.41) is 2.70. The van der Waals surface area contributed by atoms with Crippen LogP contribution in [0, 0.1) is 0 Å². The summed E-state index contributed by atoms with van der Waals surface area (Å²) in [6.07, 6.45) is 1.79. The number of esters is 1. The molecule has 3 rings (SSSR count). The first kappa shape index (κ1) is 21.2. The van der Waals surface area contributed by atoms with E-state index in [-0.39, 0.29) is 24.2 Å². The van der Waals surface area contributed by atoms with Gasteiger partial charge < -0.3 is 15.0 Å². The molecule has 0 aliphatic carbocycles. The predicted molar refractivity (Wildman–Crippen MR) is 111 cm³/mol. The monoisotopic (exact) mass is 408 g/mol. The lowest BCUT2D eigenvalue weighted by Crippen LogP contribution is -2.24. The summed E-state index contributed by atoms with van der Waals surface area (Å²) in [6, 6.07) is 13.3. The van der Waals surface area contributed by atoms with E-state index < -0.39 is 5.97 Å². The van der Waals surface area contributed by atoms with Gasteiger partial charge in [0, 0.05) is 37.2 Å². The van der Waals surface area contributed by atoms with Crippen molar-refractivity contribution < 1.29 is 23.9 Å². The molecule has 2 aromatic carbocycles. The van der Waals surface area contributed by atoms with Crippen molar-refractivity contribution in [1.82, 2.24) is 4.90 Å². The Kier molecular flexibility index (Phi) is 6.95. The van der Waals surface area contributed by atoms with Crippen molar-refractivity contribution in [2.45, 2.75) is 32.7 Å². The molecule has 1 saturated heterocycles. The van der Waals surface area contributed by atoms with Crippen molar-refractivity contribution in [3.8, 4) is 0 Å². The Bertz CT molecular complexity index is 952. The normalized spacial score (nSPS) is 13.2. The molecule has 156 valence electrons. The Labute approximate surface area is 175 Å². The van der Waals surface area contributed by atoms with Gasteiger partial charge in [-0.05, 0) is 48.4 Å². The summed E-state index contributed by atoms with van der Waals surface area (Å²) in [7, 11) is 0. The lowest BCUT2D eigenvalue weighted by Gasteiger charge is -2.15. The largest absolute Gasteiger partial charge is 0.454 e. The van der Waals surface area contributed by atoms with Crippen LogP contribution >= 0.6 is 0 Å². The summed E-state index contributed by atoms with van der Waals surface area (Å²) in [5.74, 6) is -0.923. The maximum Gasteiger partial charge on any atom is 0.338 e. The number of anilines is 1. The van der Waals surface area contributed by atoms with E-state index in [1.165, 1.54) is 0 Å². The zero-order valence-corrected chi connectivity index (χ0v) is 16.8. The Hall–Kier alpha value is -3.48. The fourth-order valence-electron chi connectivity index (χ4n) is 3.17. The van der Waals surface area contributed by atoms with Crippen molar-refractivity contribution in [3.05, 3.63) is 65.2 Å². The summed E-state index contributed by atoms with van der Waals surface area (Å²) in [6.45, 7) is 2.56. The maximum absolute atomic E-state index is 12.3. The minimum atomic E-state index is -0.593. The number of hydrogen-bond donors (Lipinski definition) is 1. The summed E-state index contributed by atoms with van der Waals surface area (Å²) in [4.78, 5) is 49.6. The van der Waals surface area contributed by atoms with Gasteiger partial charge in [-0.2, -0.15) is 0 Å². The highest BCUT2D eigenvalue weighted by molar-refractivity contribution is 6.00. The van der Waals surface area contributed by atoms with E-state index in [0.29, 0.717) is 36.2 Å². The Morgan fingerprint density at radius 1 is 1.07 bits per heavy atom. The summed E-state index contributed by atoms with van der Waals surface area (Å²) >= 11 is 0. The van der Waals surface area contributed by atoms with Crippen LogP contribution in [0.1, 0.15) is 52.5 Å². The van der Waals surface area contributed by atoms with Gasteiger partial charge in [0.15, 0.2) is 12.4 Å². The molecule has 1 N–H and O–H groups in total. The van der Waals surface area contributed by atoms with E-state index in [1.807, 2.05) is 6.07 Å². The zero-order valence-electron chi connectivity index (χ0n) is 16.8. The molecule has 7 nitrogen and oxygen atoms in total. The van der Waals surface area contributed by atoms with Gasteiger partial charge >= 0.3 is 5.97 Å². The molecule has 0 bridgehead atoms. The highest BCUT2D eigenvalue weighted by atomic mass is 16.5. The van der Waals surface area contributed by atoms with E-state index in [2.05, 4.69) is 5.32 Å². The first-order chi connectivity index (χ1) is 14.5. The molecule has 2 amide bonds.